The SMILES string of the molecule is CNCc1cc(F)cc(Oc2ccc(C)cc2)c1. The molecule has 0 saturated carbocycles. The van der Waals surface area contributed by atoms with Crippen LogP contribution in [-0.4, -0.2) is 7.05 Å². The van der Waals surface area contributed by atoms with Crippen LogP contribution in [0.5, 0.6) is 11.5 Å². The Hall–Kier alpha value is -1.87. The summed E-state index contributed by atoms with van der Waals surface area (Å²) in [5.41, 5.74) is 2.03. The average molecular weight is 245 g/mol. The molecule has 0 aromatic heterocycles. The van der Waals surface area contributed by atoms with Gasteiger partial charge in [-0.25, -0.2) is 4.39 Å². The van der Waals surface area contributed by atoms with Gasteiger partial charge in [-0.2, -0.15) is 0 Å². The highest BCUT2D eigenvalue weighted by atomic mass is 19.1. The molecule has 18 heavy (non-hydrogen) atoms. The minimum absolute atomic E-state index is 0.287. The van der Waals surface area contributed by atoms with Gasteiger partial charge in [0.05, 0.1) is 0 Å². The predicted molar refractivity (Wildman–Crippen MR) is 70.4 cm³/mol. The van der Waals surface area contributed by atoms with Crippen LogP contribution >= 0.6 is 0 Å². The Bertz CT molecular complexity index is 523. The fourth-order valence-corrected chi connectivity index (χ4v) is 1.73. The van der Waals surface area contributed by atoms with Crippen LogP contribution in [0.15, 0.2) is 42.5 Å². The van der Waals surface area contributed by atoms with E-state index in [0.29, 0.717) is 18.0 Å². The molecule has 0 aliphatic carbocycles. The first kappa shape index (κ1) is 12.6. The molecule has 2 aromatic rings. The molecule has 0 atom stereocenters. The maximum Gasteiger partial charge on any atom is 0.130 e. The number of aryl methyl sites for hydroxylation is 1. The quantitative estimate of drug-likeness (QED) is 0.887. The summed E-state index contributed by atoms with van der Waals surface area (Å²) >= 11 is 0. The Morgan fingerprint density at radius 3 is 2.44 bits per heavy atom. The fraction of sp³-hybridized carbons (Fsp3) is 0.200. The lowest BCUT2D eigenvalue weighted by molar-refractivity contribution is 0.475. The topological polar surface area (TPSA) is 21.3 Å². The minimum atomic E-state index is -0.287. The maximum absolute atomic E-state index is 13.4. The molecule has 2 rings (SSSR count). The lowest BCUT2D eigenvalue weighted by Gasteiger charge is -2.08. The summed E-state index contributed by atoms with van der Waals surface area (Å²) in [6, 6.07) is 12.4. The molecule has 0 aliphatic heterocycles. The average Bonchev–Trinajstić information content (AvgIpc) is 2.32. The number of hydrogen-bond donors (Lipinski definition) is 1. The van der Waals surface area contributed by atoms with Gasteiger partial charge in [0.2, 0.25) is 0 Å². The van der Waals surface area contributed by atoms with Crippen molar-refractivity contribution in [2.75, 3.05) is 7.05 Å². The number of halogens is 1. The van der Waals surface area contributed by atoms with Crippen molar-refractivity contribution in [2.24, 2.45) is 0 Å². The summed E-state index contributed by atoms with van der Waals surface area (Å²) in [6.45, 7) is 2.62. The molecule has 0 aliphatic rings. The lowest BCUT2D eigenvalue weighted by atomic mass is 10.2. The number of rotatable bonds is 4. The second-order valence-electron chi connectivity index (χ2n) is 4.24. The van der Waals surface area contributed by atoms with Crippen molar-refractivity contribution in [3.63, 3.8) is 0 Å². The molecular weight excluding hydrogens is 229 g/mol. The van der Waals surface area contributed by atoms with Gasteiger partial charge in [0, 0.05) is 12.6 Å². The third kappa shape index (κ3) is 3.31. The molecule has 0 spiro atoms. The van der Waals surface area contributed by atoms with Crippen molar-refractivity contribution in [1.82, 2.24) is 5.32 Å². The van der Waals surface area contributed by atoms with Crippen LogP contribution in [0.4, 0.5) is 4.39 Å². The van der Waals surface area contributed by atoms with Crippen LogP contribution < -0.4 is 10.1 Å². The van der Waals surface area contributed by atoms with E-state index in [9.17, 15) is 4.39 Å². The van der Waals surface area contributed by atoms with Crippen LogP contribution in [0, 0.1) is 12.7 Å². The molecule has 94 valence electrons. The van der Waals surface area contributed by atoms with Crippen molar-refractivity contribution in [3.8, 4) is 11.5 Å². The van der Waals surface area contributed by atoms with Crippen LogP contribution in [0.25, 0.3) is 0 Å². The van der Waals surface area contributed by atoms with Gasteiger partial charge < -0.3 is 10.1 Å². The monoisotopic (exact) mass is 245 g/mol. The van der Waals surface area contributed by atoms with E-state index >= 15 is 0 Å². The number of nitrogens with one attached hydrogen (secondary N) is 1. The van der Waals surface area contributed by atoms with Gasteiger partial charge in [-0.3, -0.25) is 0 Å². The summed E-state index contributed by atoms with van der Waals surface area (Å²) in [4.78, 5) is 0. The number of hydrogen-bond acceptors (Lipinski definition) is 2. The Morgan fingerprint density at radius 2 is 1.78 bits per heavy atom. The van der Waals surface area contributed by atoms with E-state index in [2.05, 4.69) is 5.32 Å². The number of benzene rings is 2. The molecule has 2 nitrogen and oxygen atoms in total. The summed E-state index contributed by atoms with van der Waals surface area (Å²) in [5, 5.41) is 2.99. The molecular formula is C15H16FNO. The molecule has 2 aromatic carbocycles. The van der Waals surface area contributed by atoms with Crippen molar-refractivity contribution in [3.05, 3.63) is 59.4 Å². The molecule has 0 heterocycles. The smallest absolute Gasteiger partial charge is 0.130 e. The van der Waals surface area contributed by atoms with Crippen molar-refractivity contribution < 1.29 is 9.13 Å². The summed E-state index contributed by atoms with van der Waals surface area (Å²) in [5.74, 6) is 0.940. The second-order valence-corrected chi connectivity index (χ2v) is 4.24. The first-order valence-corrected chi connectivity index (χ1v) is 5.86. The largest absolute Gasteiger partial charge is 0.457 e. The molecule has 0 unspecified atom stereocenters. The molecule has 0 bridgehead atoms. The van der Waals surface area contributed by atoms with Crippen molar-refractivity contribution in [1.29, 1.82) is 0 Å². The molecule has 0 radical (unpaired) electrons. The van der Waals surface area contributed by atoms with E-state index in [1.807, 2.05) is 44.3 Å². The Kier molecular flexibility index (Phi) is 3.95. The zero-order chi connectivity index (χ0) is 13.0. The highest BCUT2D eigenvalue weighted by Crippen LogP contribution is 2.23. The van der Waals surface area contributed by atoms with Gasteiger partial charge in [-0.1, -0.05) is 17.7 Å². The molecule has 1 N–H and O–H groups in total. The Labute approximate surface area is 106 Å². The third-order valence-corrected chi connectivity index (χ3v) is 2.57. The van der Waals surface area contributed by atoms with E-state index < -0.39 is 0 Å². The highest BCUT2D eigenvalue weighted by Gasteiger charge is 2.03. The van der Waals surface area contributed by atoms with Gasteiger partial charge in [-0.15, -0.1) is 0 Å². The second kappa shape index (κ2) is 5.65. The first-order chi connectivity index (χ1) is 8.67. The van der Waals surface area contributed by atoms with Gasteiger partial charge in [-0.05, 0) is 43.8 Å². The normalized spacial score (nSPS) is 10.4. The maximum atomic E-state index is 13.4. The van der Waals surface area contributed by atoms with Crippen LogP contribution in [0.2, 0.25) is 0 Å². The molecule has 3 heteroatoms. The summed E-state index contributed by atoms with van der Waals surface area (Å²) in [6.07, 6.45) is 0. The zero-order valence-electron chi connectivity index (χ0n) is 10.5. The first-order valence-electron chi connectivity index (χ1n) is 5.86. The van der Waals surface area contributed by atoms with E-state index in [1.165, 1.54) is 12.1 Å². The zero-order valence-corrected chi connectivity index (χ0v) is 10.5. The van der Waals surface area contributed by atoms with Gasteiger partial charge in [0.25, 0.3) is 0 Å². The Morgan fingerprint density at radius 1 is 1.06 bits per heavy atom. The lowest BCUT2D eigenvalue weighted by Crippen LogP contribution is -2.05. The van der Waals surface area contributed by atoms with E-state index in [-0.39, 0.29) is 5.82 Å². The van der Waals surface area contributed by atoms with Crippen LogP contribution in [0.1, 0.15) is 11.1 Å². The van der Waals surface area contributed by atoms with Crippen LogP contribution in [-0.2, 0) is 6.54 Å². The van der Waals surface area contributed by atoms with Gasteiger partial charge >= 0.3 is 0 Å². The van der Waals surface area contributed by atoms with Crippen LogP contribution in [0.3, 0.4) is 0 Å². The predicted octanol–water partition coefficient (Wildman–Crippen LogP) is 3.65. The standard InChI is InChI=1S/C15H16FNO/c1-11-3-5-14(6-4-11)18-15-8-12(10-17-2)7-13(16)9-15/h3-9,17H,10H2,1-2H3. The van der Waals surface area contributed by atoms with Gasteiger partial charge in [0.1, 0.15) is 17.3 Å². The Balaban J connectivity index is 2.20. The summed E-state index contributed by atoms with van der Waals surface area (Å²) in [7, 11) is 1.82. The molecule has 0 fully saturated rings. The highest BCUT2D eigenvalue weighted by molar-refractivity contribution is 5.35. The third-order valence-electron chi connectivity index (χ3n) is 2.57. The van der Waals surface area contributed by atoms with E-state index in [4.69, 9.17) is 4.74 Å². The van der Waals surface area contributed by atoms with Crippen molar-refractivity contribution in [2.45, 2.75) is 13.5 Å². The van der Waals surface area contributed by atoms with Gasteiger partial charge in [0.15, 0.2) is 0 Å². The fourth-order valence-electron chi connectivity index (χ4n) is 1.73. The number of ether oxygens (including phenoxy) is 1. The minimum Gasteiger partial charge on any atom is -0.457 e. The van der Waals surface area contributed by atoms with Crippen molar-refractivity contribution >= 4 is 0 Å². The molecule has 0 saturated heterocycles. The summed E-state index contributed by atoms with van der Waals surface area (Å²) < 4.78 is 19.0. The van der Waals surface area contributed by atoms with E-state index in [1.54, 1.807) is 0 Å². The van der Waals surface area contributed by atoms with E-state index in [0.717, 1.165) is 11.1 Å². The molecule has 0 amide bonds.